The van der Waals surface area contributed by atoms with E-state index in [-0.39, 0.29) is 5.56 Å². The van der Waals surface area contributed by atoms with Gasteiger partial charge in [0.2, 0.25) is 0 Å². The van der Waals surface area contributed by atoms with Crippen molar-refractivity contribution in [2.24, 2.45) is 5.73 Å². The van der Waals surface area contributed by atoms with Crippen molar-refractivity contribution in [1.82, 2.24) is 0 Å². The molecule has 0 saturated carbocycles. The first-order valence-corrected chi connectivity index (χ1v) is 6.12. The van der Waals surface area contributed by atoms with Crippen LogP contribution in [0.2, 0.25) is 0 Å². The lowest BCUT2D eigenvalue weighted by atomic mass is 9.99. The molecule has 0 heterocycles. The predicted molar refractivity (Wildman–Crippen MR) is 71.5 cm³/mol. The van der Waals surface area contributed by atoms with E-state index in [9.17, 15) is 8.78 Å². The lowest BCUT2D eigenvalue weighted by Gasteiger charge is -2.14. The second-order valence-corrected chi connectivity index (χ2v) is 4.92. The second-order valence-electron chi connectivity index (χ2n) is 3.68. The van der Waals surface area contributed by atoms with Crippen LogP contribution in [0.4, 0.5) is 8.78 Å². The summed E-state index contributed by atoms with van der Waals surface area (Å²) in [5.74, 6) is -1.75. The van der Waals surface area contributed by atoms with Crippen molar-refractivity contribution in [3.05, 3.63) is 68.8 Å². The summed E-state index contributed by atoms with van der Waals surface area (Å²) in [6, 6.07) is 10.8. The molecule has 2 aromatic carbocycles. The average molecular weight is 345 g/mol. The van der Waals surface area contributed by atoms with Crippen molar-refractivity contribution in [2.75, 3.05) is 0 Å². The molecule has 1 atom stereocenters. The Hall–Kier alpha value is -1.01. The Morgan fingerprint density at radius 3 is 2.47 bits per heavy atom. The molecular weight excluding hydrogens is 335 g/mol. The molecule has 1 nitrogen and oxygen atoms in total. The third kappa shape index (κ3) is 2.63. The monoisotopic (exact) mass is 345 g/mol. The number of halogens is 3. The maximum atomic E-state index is 13.6. The van der Waals surface area contributed by atoms with Crippen molar-refractivity contribution in [1.29, 1.82) is 0 Å². The molecule has 0 amide bonds. The highest BCUT2D eigenvalue weighted by Gasteiger charge is 2.16. The lowest BCUT2D eigenvalue weighted by molar-refractivity contribution is 0.494. The van der Waals surface area contributed by atoms with Crippen molar-refractivity contribution >= 4 is 22.6 Å². The van der Waals surface area contributed by atoms with E-state index >= 15 is 0 Å². The Labute approximate surface area is 112 Å². The van der Waals surface area contributed by atoms with Crippen LogP contribution in [0.25, 0.3) is 0 Å². The van der Waals surface area contributed by atoms with Crippen LogP contribution in [0.15, 0.2) is 42.5 Å². The van der Waals surface area contributed by atoms with Crippen molar-refractivity contribution in [3.63, 3.8) is 0 Å². The normalized spacial score (nSPS) is 12.5. The number of benzene rings is 2. The van der Waals surface area contributed by atoms with E-state index in [0.717, 1.165) is 15.2 Å². The highest BCUT2D eigenvalue weighted by atomic mass is 127. The first-order valence-electron chi connectivity index (χ1n) is 5.04. The zero-order chi connectivity index (χ0) is 12.4. The van der Waals surface area contributed by atoms with Crippen molar-refractivity contribution < 1.29 is 8.78 Å². The highest BCUT2D eigenvalue weighted by molar-refractivity contribution is 14.1. The first kappa shape index (κ1) is 12.4. The lowest BCUT2D eigenvalue weighted by Crippen LogP contribution is -2.14. The third-order valence-corrected chi connectivity index (χ3v) is 3.20. The Morgan fingerprint density at radius 2 is 1.76 bits per heavy atom. The summed E-state index contributed by atoms with van der Waals surface area (Å²) in [7, 11) is 0. The van der Waals surface area contributed by atoms with Gasteiger partial charge < -0.3 is 5.73 Å². The molecule has 0 aliphatic heterocycles. The Morgan fingerprint density at radius 1 is 1.06 bits per heavy atom. The van der Waals surface area contributed by atoms with Gasteiger partial charge in [0.25, 0.3) is 0 Å². The molecule has 0 spiro atoms. The molecule has 2 rings (SSSR count). The van der Waals surface area contributed by atoms with Gasteiger partial charge in [-0.2, -0.15) is 0 Å². The quantitative estimate of drug-likeness (QED) is 0.827. The fourth-order valence-corrected chi connectivity index (χ4v) is 2.21. The van der Waals surface area contributed by atoms with Gasteiger partial charge in [-0.25, -0.2) is 8.78 Å². The minimum atomic E-state index is -0.876. The van der Waals surface area contributed by atoms with Gasteiger partial charge in [0, 0.05) is 9.13 Å². The maximum absolute atomic E-state index is 13.6. The smallest absolute Gasteiger partial charge is 0.163 e. The molecule has 0 bridgehead atoms. The van der Waals surface area contributed by atoms with Gasteiger partial charge in [-0.15, -0.1) is 0 Å². The van der Waals surface area contributed by atoms with E-state index in [1.54, 1.807) is 6.07 Å². The standard InChI is InChI=1S/C13H10F2IN/c14-11-6-2-5-10(12(11)15)13(17)8-3-1-4-9(16)7-8/h1-7,13H,17H2. The molecule has 0 saturated heterocycles. The van der Waals surface area contributed by atoms with E-state index in [1.165, 1.54) is 12.1 Å². The average Bonchev–Trinajstić information content (AvgIpc) is 2.32. The molecular formula is C13H10F2IN. The van der Waals surface area contributed by atoms with E-state index in [2.05, 4.69) is 22.6 Å². The van der Waals surface area contributed by atoms with Crippen molar-refractivity contribution in [2.45, 2.75) is 6.04 Å². The Kier molecular flexibility index (Phi) is 3.73. The molecule has 2 N–H and O–H groups in total. The van der Waals surface area contributed by atoms with E-state index in [4.69, 9.17) is 5.73 Å². The molecule has 0 aromatic heterocycles. The summed E-state index contributed by atoms with van der Waals surface area (Å²) in [5, 5.41) is 0. The van der Waals surface area contributed by atoms with Gasteiger partial charge in [-0.05, 0) is 46.4 Å². The molecule has 2 aromatic rings. The van der Waals surface area contributed by atoms with Crippen LogP contribution >= 0.6 is 22.6 Å². The fraction of sp³-hybridized carbons (Fsp3) is 0.0769. The Balaban J connectivity index is 2.44. The summed E-state index contributed by atoms with van der Waals surface area (Å²) in [5.41, 5.74) is 6.88. The minimum absolute atomic E-state index is 0.173. The largest absolute Gasteiger partial charge is 0.320 e. The van der Waals surface area contributed by atoms with Gasteiger partial charge >= 0.3 is 0 Å². The van der Waals surface area contributed by atoms with Crippen LogP contribution < -0.4 is 5.73 Å². The van der Waals surface area contributed by atoms with Crippen LogP contribution in [0.3, 0.4) is 0 Å². The fourth-order valence-electron chi connectivity index (χ4n) is 1.64. The summed E-state index contributed by atoms with van der Waals surface area (Å²) >= 11 is 2.15. The Bertz CT molecular complexity index is 543. The number of rotatable bonds is 2. The topological polar surface area (TPSA) is 26.0 Å². The van der Waals surface area contributed by atoms with Gasteiger partial charge in [0.1, 0.15) is 0 Å². The molecule has 0 aliphatic rings. The molecule has 0 aliphatic carbocycles. The van der Waals surface area contributed by atoms with Crippen molar-refractivity contribution in [3.8, 4) is 0 Å². The molecule has 17 heavy (non-hydrogen) atoms. The third-order valence-electron chi connectivity index (χ3n) is 2.52. The number of nitrogens with two attached hydrogens (primary N) is 1. The van der Waals surface area contributed by atoms with Crippen LogP contribution in [0.5, 0.6) is 0 Å². The molecule has 88 valence electrons. The molecule has 0 fully saturated rings. The van der Waals surface area contributed by atoms with Crippen LogP contribution in [0.1, 0.15) is 17.2 Å². The SMILES string of the molecule is NC(c1cccc(I)c1)c1cccc(F)c1F. The zero-order valence-corrected chi connectivity index (χ0v) is 11.0. The minimum Gasteiger partial charge on any atom is -0.320 e. The van der Waals surface area contributed by atoms with Crippen LogP contribution in [-0.4, -0.2) is 0 Å². The first-order chi connectivity index (χ1) is 8.09. The zero-order valence-electron chi connectivity index (χ0n) is 8.83. The van der Waals surface area contributed by atoms with Gasteiger partial charge in [0.15, 0.2) is 11.6 Å². The molecule has 4 heteroatoms. The van der Waals surface area contributed by atoms with Crippen LogP contribution in [0, 0.1) is 15.2 Å². The van der Waals surface area contributed by atoms with E-state index < -0.39 is 17.7 Å². The van der Waals surface area contributed by atoms with E-state index in [1.807, 2.05) is 18.2 Å². The summed E-state index contributed by atoms with van der Waals surface area (Å²) in [4.78, 5) is 0. The van der Waals surface area contributed by atoms with E-state index in [0.29, 0.717) is 0 Å². The van der Waals surface area contributed by atoms with Crippen LogP contribution in [-0.2, 0) is 0 Å². The number of hydrogen-bond acceptors (Lipinski definition) is 1. The maximum Gasteiger partial charge on any atom is 0.163 e. The second kappa shape index (κ2) is 5.10. The molecule has 1 unspecified atom stereocenters. The van der Waals surface area contributed by atoms with Gasteiger partial charge in [0.05, 0.1) is 6.04 Å². The summed E-state index contributed by atoms with van der Waals surface area (Å²) in [6.07, 6.45) is 0. The van der Waals surface area contributed by atoms with Gasteiger partial charge in [-0.1, -0.05) is 24.3 Å². The summed E-state index contributed by atoms with van der Waals surface area (Å²) < 4.78 is 27.7. The number of hydrogen-bond donors (Lipinski definition) is 1. The highest BCUT2D eigenvalue weighted by Crippen LogP contribution is 2.24. The molecule has 0 radical (unpaired) electrons. The predicted octanol–water partition coefficient (Wildman–Crippen LogP) is 3.62. The summed E-state index contributed by atoms with van der Waals surface area (Å²) in [6.45, 7) is 0. The van der Waals surface area contributed by atoms with Gasteiger partial charge in [-0.3, -0.25) is 0 Å².